The third-order valence-corrected chi connectivity index (χ3v) is 4.33. The van der Waals surface area contributed by atoms with Gasteiger partial charge in [-0.05, 0) is 49.9 Å². The van der Waals surface area contributed by atoms with Crippen molar-refractivity contribution in [2.24, 2.45) is 11.8 Å². The molecule has 1 fully saturated rings. The molecule has 0 aromatic carbocycles. The highest BCUT2D eigenvalue weighted by Gasteiger charge is 2.20. The van der Waals surface area contributed by atoms with Gasteiger partial charge in [0.2, 0.25) is 0 Å². The molecule has 4 heteroatoms. The second kappa shape index (κ2) is 6.48. The number of nitrogens with zero attached hydrogens (tertiary/aromatic N) is 3. The Morgan fingerprint density at radius 1 is 1.29 bits per heavy atom. The topological polar surface area (TPSA) is 32.6 Å². The van der Waals surface area contributed by atoms with Gasteiger partial charge < -0.3 is 10.2 Å². The Labute approximate surface area is 127 Å². The maximum atomic E-state index is 4.37. The molecule has 3 rings (SSSR count). The van der Waals surface area contributed by atoms with Gasteiger partial charge in [-0.2, -0.15) is 0 Å². The third kappa shape index (κ3) is 3.38. The molecule has 4 nitrogen and oxygen atoms in total. The molecule has 0 saturated carbocycles. The first-order valence-corrected chi connectivity index (χ1v) is 8.12. The molecular weight excluding hydrogens is 260 g/mol. The molecular formula is C17H26N4. The number of pyridine rings is 1. The Bertz CT molecular complexity index is 567. The number of nitrogens with one attached hydrogen (secondary N) is 1. The minimum Gasteiger partial charge on any atom is -0.358 e. The molecule has 0 unspecified atom stereocenters. The summed E-state index contributed by atoms with van der Waals surface area (Å²) in [7, 11) is 0. The first-order chi connectivity index (χ1) is 10.2. The SMILES string of the molecule is CC(C)CNCC1CCN(c2cccc3nccn23)CC1. The van der Waals surface area contributed by atoms with Gasteiger partial charge in [0.1, 0.15) is 11.5 Å². The van der Waals surface area contributed by atoms with Crippen molar-refractivity contribution in [3.05, 3.63) is 30.6 Å². The lowest BCUT2D eigenvalue weighted by molar-refractivity contribution is 0.372. The van der Waals surface area contributed by atoms with E-state index in [0.717, 1.165) is 37.1 Å². The highest BCUT2D eigenvalue weighted by atomic mass is 15.2. The fraction of sp³-hybridized carbons (Fsp3) is 0.588. The van der Waals surface area contributed by atoms with Crippen LogP contribution < -0.4 is 10.2 Å². The van der Waals surface area contributed by atoms with Gasteiger partial charge in [-0.1, -0.05) is 19.9 Å². The van der Waals surface area contributed by atoms with Gasteiger partial charge in [-0.25, -0.2) is 4.98 Å². The molecule has 0 radical (unpaired) electrons. The molecule has 3 heterocycles. The summed E-state index contributed by atoms with van der Waals surface area (Å²) in [5.74, 6) is 2.84. The maximum absolute atomic E-state index is 4.37. The number of imidazole rings is 1. The Morgan fingerprint density at radius 2 is 2.10 bits per heavy atom. The van der Waals surface area contributed by atoms with Crippen LogP contribution in [-0.4, -0.2) is 35.6 Å². The fourth-order valence-electron chi connectivity index (χ4n) is 3.13. The van der Waals surface area contributed by atoms with Gasteiger partial charge in [0.15, 0.2) is 0 Å². The standard InChI is InChI=1S/C17H26N4/c1-14(2)12-18-13-15-6-9-20(10-7-15)17-5-3-4-16-19-8-11-21(16)17/h3-5,8,11,14-15,18H,6-7,9-10,12-13H2,1-2H3. The molecule has 114 valence electrons. The summed E-state index contributed by atoms with van der Waals surface area (Å²) in [6, 6.07) is 6.37. The number of rotatable bonds is 5. The average molecular weight is 286 g/mol. The average Bonchev–Trinajstić information content (AvgIpc) is 2.96. The molecule has 1 aliphatic rings. The zero-order chi connectivity index (χ0) is 14.7. The first-order valence-electron chi connectivity index (χ1n) is 8.12. The van der Waals surface area contributed by atoms with E-state index in [0.29, 0.717) is 0 Å². The van der Waals surface area contributed by atoms with Crippen LogP contribution in [0.5, 0.6) is 0 Å². The lowest BCUT2D eigenvalue weighted by Gasteiger charge is -2.34. The number of anilines is 1. The number of hydrogen-bond donors (Lipinski definition) is 1. The molecule has 1 aliphatic heterocycles. The van der Waals surface area contributed by atoms with Gasteiger partial charge in [0, 0.05) is 25.5 Å². The van der Waals surface area contributed by atoms with Crippen molar-refractivity contribution in [3.63, 3.8) is 0 Å². The van der Waals surface area contributed by atoms with Crippen LogP contribution in [0.1, 0.15) is 26.7 Å². The van der Waals surface area contributed by atoms with E-state index in [1.54, 1.807) is 0 Å². The molecule has 0 atom stereocenters. The quantitative estimate of drug-likeness (QED) is 0.917. The summed E-state index contributed by atoms with van der Waals surface area (Å²) in [6.45, 7) is 9.12. The van der Waals surface area contributed by atoms with E-state index >= 15 is 0 Å². The van der Waals surface area contributed by atoms with E-state index in [1.165, 1.54) is 25.2 Å². The van der Waals surface area contributed by atoms with Crippen molar-refractivity contribution in [3.8, 4) is 0 Å². The highest BCUT2D eigenvalue weighted by Crippen LogP contribution is 2.23. The van der Waals surface area contributed by atoms with Gasteiger partial charge in [-0.15, -0.1) is 0 Å². The van der Waals surface area contributed by atoms with Crippen LogP contribution in [0.15, 0.2) is 30.6 Å². The second-order valence-electron chi connectivity index (χ2n) is 6.52. The predicted molar refractivity (Wildman–Crippen MR) is 87.8 cm³/mol. The second-order valence-corrected chi connectivity index (χ2v) is 6.52. The van der Waals surface area contributed by atoms with Crippen LogP contribution in [0.2, 0.25) is 0 Å². The van der Waals surface area contributed by atoms with Crippen molar-refractivity contribution in [2.75, 3.05) is 31.1 Å². The molecule has 0 bridgehead atoms. The molecule has 0 amide bonds. The first kappa shape index (κ1) is 14.4. The minimum absolute atomic E-state index is 0.740. The van der Waals surface area contributed by atoms with Crippen molar-refractivity contribution < 1.29 is 0 Å². The van der Waals surface area contributed by atoms with Crippen molar-refractivity contribution in [1.29, 1.82) is 0 Å². The number of fused-ring (bicyclic) bond motifs is 1. The van der Waals surface area contributed by atoms with E-state index in [1.807, 2.05) is 6.20 Å². The summed E-state index contributed by atoms with van der Waals surface area (Å²) in [4.78, 5) is 6.87. The summed E-state index contributed by atoms with van der Waals surface area (Å²) < 4.78 is 2.19. The molecule has 1 saturated heterocycles. The summed E-state index contributed by atoms with van der Waals surface area (Å²) >= 11 is 0. The van der Waals surface area contributed by atoms with E-state index in [4.69, 9.17) is 0 Å². The van der Waals surface area contributed by atoms with Crippen LogP contribution in [0, 0.1) is 11.8 Å². The van der Waals surface area contributed by atoms with E-state index < -0.39 is 0 Å². The molecule has 0 spiro atoms. The number of hydrogen-bond acceptors (Lipinski definition) is 3. The molecule has 0 aliphatic carbocycles. The highest BCUT2D eigenvalue weighted by molar-refractivity contribution is 5.51. The van der Waals surface area contributed by atoms with Crippen molar-refractivity contribution in [2.45, 2.75) is 26.7 Å². The third-order valence-electron chi connectivity index (χ3n) is 4.33. The normalized spacial score (nSPS) is 17.0. The Balaban J connectivity index is 1.57. The van der Waals surface area contributed by atoms with Crippen molar-refractivity contribution in [1.82, 2.24) is 14.7 Å². The fourth-order valence-corrected chi connectivity index (χ4v) is 3.13. The summed E-state index contributed by atoms with van der Waals surface area (Å²) in [5, 5.41) is 3.60. The molecule has 1 N–H and O–H groups in total. The molecule has 21 heavy (non-hydrogen) atoms. The van der Waals surface area contributed by atoms with Crippen LogP contribution in [0.4, 0.5) is 5.82 Å². The summed E-state index contributed by atoms with van der Waals surface area (Å²) in [6.07, 6.45) is 6.48. The zero-order valence-electron chi connectivity index (χ0n) is 13.1. The van der Waals surface area contributed by atoms with Gasteiger partial charge in [0.25, 0.3) is 0 Å². The number of aromatic nitrogens is 2. The monoisotopic (exact) mass is 286 g/mol. The van der Waals surface area contributed by atoms with E-state index in [-0.39, 0.29) is 0 Å². The lowest BCUT2D eigenvalue weighted by Crippen LogP contribution is -2.38. The minimum atomic E-state index is 0.740. The van der Waals surface area contributed by atoms with Crippen molar-refractivity contribution >= 4 is 11.5 Å². The van der Waals surface area contributed by atoms with Crippen LogP contribution in [0.3, 0.4) is 0 Å². The van der Waals surface area contributed by atoms with Crippen LogP contribution in [0.25, 0.3) is 5.65 Å². The van der Waals surface area contributed by atoms with E-state index in [2.05, 4.69) is 57.8 Å². The van der Waals surface area contributed by atoms with E-state index in [9.17, 15) is 0 Å². The number of piperidine rings is 1. The Kier molecular flexibility index (Phi) is 4.44. The lowest BCUT2D eigenvalue weighted by atomic mass is 9.96. The molecule has 2 aromatic rings. The predicted octanol–water partition coefficient (Wildman–Crippen LogP) is 2.80. The van der Waals surface area contributed by atoms with Crippen LogP contribution >= 0.6 is 0 Å². The van der Waals surface area contributed by atoms with Gasteiger partial charge in [-0.3, -0.25) is 4.40 Å². The van der Waals surface area contributed by atoms with Gasteiger partial charge >= 0.3 is 0 Å². The smallest absolute Gasteiger partial charge is 0.138 e. The van der Waals surface area contributed by atoms with Gasteiger partial charge in [0.05, 0.1) is 0 Å². The Morgan fingerprint density at radius 3 is 2.86 bits per heavy atom. The Hall–Kier alpha value is -1.55. The maximum Gasteiger partial charge on any atom is 0.138 e. The van der Waals surface area contributed by atoms with Crippen LogP contribution in [-0.2, 0) is 0 Å². The summed E-state index contributed by atoms with van der Waals surface area (Å²) in [5.41, 5.74) is 1.04. The molecule has 2 aromatic heterocycles. The largest absolute Gasteiger partial charge is 0.358 e. The zero-order valence-corrected chi connectivity index (χ0v) is 13.1.